The summed E-state index contributed by atoms with van der Waals surface area (Å²) >= 11 is 0. The van der Waals surface area contributed by atoms with Crippen molar-refractivity contribution in [2.24, 2.45) is 5.73 Å². The molecule has 2 N–H and O–H groups in total. The average Bonchev–Trinajstić information content (AvgIpc) is 2.30. The number of benzene rings is 2. The quantitative estimate of drug-likeness (QED) is 0.841. The summed E-state index contributed by atoms with van der Waals surface area (Å²) in [5.74, 6) is -0.603. The Morgan fingerprint density at radius 2 is 1.53 bits per heavy atom. The van der Waals surface area contributed by atoms with Gasteiger partial charge in [0.05, 0.1) is 0 Å². The minimum Gasteiger partial charge on any atom is -0.324 e. The van der Waals surface area contributed by atoms with Gasteiger partial charge in [0.25, 0.3) is 0 Å². The lowest BCUT2D eigenvalue weighted by Crippen LogP contribution is -2.07. The van der Waals surface area contributed by atoms with Crippen LogP contribution >= 0.6 is 0 Å². The summed E-state index contributed by atoms with van der Waals surface area (Å²) < 4.78 is 26.3. The number of hydrogen-bond acceptors (Lipinski definition) is 1. The molecule has 0 fully saturated rings. The third kappa shape index (κ3) is 2.50. The molecule has 2 aromatic carbocycles. The molecule has 1 atom stereocenters. The van der Waals surface area contributed by atoms with Crippen LogP contribution in [0.25, 0.3) is 11.1 Å². The number of halogens is 2. The molecule has 0 saturated carbocycles. The SMILES string of the molecule is CC(N)c1cc(-c2ccc(F)cc2)ccc1F. The molecule has 0 aliphatic heterocycles. The third-order valence-corrected chi connectivity index (χ3v) is 2.66. The molecule has 0 spiro atoms. The first-order valence-electron chi connectivity index (χ1n) is 5.39. The Balaban J connectivity index is 2.46. The molecule has 2 rings (SSSR count). The van der Waals surface area contributed by atoms with Crippen molar-refractivity contribution in [2.45, 2.75) is 13.0 Å². The highest BCUT2D eigenvalue weighted by molar-refractivity contribution is 5.64. The molecule has 1 unspecified atom stereocenters. The second-order valence-corrected chi connectivity index (χ2v) is 4.03. The van der Waals surface area contributed by atoms with E-state index in [1.807, 2.05) is 0 Å². The van der Waals surface area contributed by atoms with Crippen molar-refractivity contribution in [3.05, 3.63) is 59.7 Å². The van der Waals surface area contributed by atoms with Crippen LogP contribution in [-0.2, 0) is 0 Å². The molecule has 3 heteroatoms. The monoisotopic (exact) mass is 233 g/mol. The maximum atomic E-state index is 13.5. The van der Waals surface area contributed by atoms with Crippen LogP contribution in [0, 0.1) is 11.6 Å². The Hall–Kier alpha value is -1.74. The van der Waals surface area contributed by atoms with E-state index in [2.05, 4.69) is 0 Å². The fourth-order valence-electron chi connectivity index (χ4n) is 1.71. The van der Waals surface area contributed by atoms with E-state index in [1.165, 1.54) is 18.2 Å². The number of hydrogen-bond donors (Lipinski definition) is 1. The van der Waals surface area contributed by atoms with E-state index in [4.69, 9.17) is 5.73 Å². The highest BCUT2D eigenvalue weighted by Crippen LogP contribution is 2.24. The lowest BCUT2D eigenvalue weighted by molar-refractivity contribution is 0.594. The average molecular weight is 233 g/mol. The molecule has 0 bridgehead atoms. The Labute approximate surface area is 98.9 Å². The van der Waals surface area contributed by atoms with E-state index in [0.717, 1.165) is 11.1 Å². The van der Waals surface area contributed by atoms with Crippen molar-refractivity contribution >= 4 is 0 Å². The highest BCUT2D eigenvalue weighted by atomic mass is 19.1. The van der Waals surface area contributed by atoms with Gasteiger partial charge in [-0.3, -0.25) is 0 Å². The van der Waals surface area contributed by atoms with Crippen molar-refractivity contribution < 1.29 is 8.78 Å². The van der Waals surface area contributed by atoms with Crippen LogP contribution < -0.4 is 5.73 Å². The highest BCUT2D eigenvalue weighted by Gasteiger charge is 2.08. The van der Waals surface area contributed by atoms with Crippen molar-refractivity contribution in [3.63, 3.8) is 0 Å². The molecule has 1 nitrogen and oxygen atoms in total. The van der Waals surface area contributed by atoms with Crippen LogP contribution in [0.2, 0.25) is 0 Å². The summed E-state index contributed by atoms with van der Waals surface area (Å²) in [6.45, 7) is 1.73. The van der Waals surface area contributed by atoms with Crippen LogP contribution in [-0.4, -0.2) is 0 Å². The molecule has 0 aromatic heterocycles. The minimum absolute atomic E-state index is 0.289. The summed E-state index contributed by atoms with van der Waals surface area (Å²) in [5, 5.41) is 0. The number of rotatable bonds is 2. The molecular weight excluding hydrogens is 220 g/mol. The Morgan fingerprint density at radius 3 is 2.12 bits per heavy atom. The molecule has 0 amide bonds. The van der Waals surface area contributed by atoms with Crippen LogP contribution in [0.3, 0.4) is 0 Å². The molecule has 0 saturated heterocycles. The van der Waals surface area contributed by atoms with Gasteiger partial charge in [-0.05, 0) is 42.3 Å². The van der Waals surface area contributed by atoms with Crippen molar-refractivity contribution in [2.75, 3.05) is 0 Å². The van der Waals surface area contributed by atoms with E-state index in [1.54, 1.807) is 31.2 Å². The van der Waals surface area contributed by atoms with Gasteiger partial charge in [0, 0.05) is 11.6 Å². The Morgan fingerprint density at radius 1 is 0.941 bits per heavy atom. The second kappa shape index (κ2) is 4.63. The van der Waals surface area contributed by atoms with E-state index in [-0.39, 0.29) is 17.7 Å². The van der Waals surface area contributed by atoms with Gasteiger partial charge >= 0.3 is 0 Å². The fourth-order valence-corrected chi connectivity index (χ4v) is 1.71. The van der Waals surface area contributed by atoms with Crippen molar-refractivity contribution in [1.29, 1.82) is 0 Å². The zero-order valence-electron chi connectivity index (χ0n) is 9.45. The van der Waals surface area contributed by atoms with E-state index < -0.39 is 0 Å². The lowest BCUT2D eigenvalue weighted by Gasteiger charge is -2.10. The molecule has 0 heterocycles. The zero-order valence-corrected chi connectivity index (χ0v) is 9.45. The maximum Gasteiger partial charge on any atom is 0.128 e. The first kappa shape index (κ1) is 11.7. The van der Waals surface area contributed by atoms with Gasteiger partial charge in [-0.15, -0.1) is 0 Å². The van der Waals surface area contributed by atoms with Gasteiger partial charge in [-0.1, -0.05) is 18.2 Å². The lowest BCUT2D eigenvalue weighted by atomic mass is 10.00. The van der Waals surface area contributed by atoms with Gasteiger partial charge in [0.2, 0.25) is 0 Å². The van der Waals surface area contributed by atoms with Gasteiger partial charge in [-0.2, -0.15) is 0 Å². The normalized spacial score (nSPS) is 12.5. The van der Waals surface area contributed by atoms with Crippen molar-refractivity contribution in [1.82, 2.24) is 0 Å². The van der Waals surface area contributed by atoms with Crippen LogP contribution in [0.1, 0.15) is 18.5 Å². The second-order valence-electron chi connectivity index (χ2n) is 4.03. The van der Waals surface area contributed by atoms with E-state index >= 15 is 0 Å². The maximum absolute atomic E-state index is 13.5. The van der Waals surface area contributed by atoms with E-state index in [9.17, 15) is 8.78 Å². The summed E-state index contributed by atoms with van der Waals surface area (Å²) in [6, 6.07) is 10.5. The molecule has 17 heavy (non-hydrogen) atoms. The fraction of sp³-hybridized carbons (Fsp3) is 0.143. The Bertz CT molecular complexity index is 518. The zero-order chi connectivity index (χ0) is 12.4. The summed E-state index contributed by atoms with van der Waals surface area (Å²) in [6.07, 6.45) is 0. The smallest absolute Gasteiger partial charge is 0.128 e. The largest absolute Gasteiger partial charge is 0.324 e. The standard InChI is InChI=1S/C14H13F2N/c1-9(17)13-8-11(4-7-14(13)16)10-2-5-12(15)6-3-10/h2-9H,17H2,1H3. The molecule has 2 aromatic rings. The van der Waals surface area contributed by atoms with Crippen LogP contribution in [0.4, 0.5) is 8.78 Å². The minimum atomic E-state index is -0.365. The Kier molecular flexibility index (Phi) is 3.20. The first-order chi connectivity index (χ1) is 8.08. The summed E-state index contributed by atoms with van der Waals surface area (Å²) in [7, 11) is 0. The van der Waals surface area contributed by atoms with Gasteiger partial charge < -0.3 is 5.73 Å². The summed E-state index contributed by atoms with van der Waals surface area (Å²) in [5.41, 5.74) is 7.82. The molecule has 0 aliphatic carbocycles. The topological polar surface area (TPSA) is 26.0 Å². The summed E-state index contributed by atoms with van der Waals surface area (Å²) in [4.78, 5) is 0. The van der Waals surface area contributed by atoms with Crippen LogP contribution in [0.5, 0.6) is 0 Å². The van der Waals surface area contributed by atoms with E-state index in [0.29, 0.717) is 5.56 Å². The predicted molar refractivity (Wildman–Crippen MR) is 64.4 cm³/mol. The number of nitrogens with two attached hydrogens (primary N) is 1. The van der Waals surface area contributed by atoms with Crippen LogP contribution in [0.15, 0.2) is 42.5 Å². The van der Waals surface area contributed by atoms with Crippen molar-refractivity contribution in [3.8, 4) is 11.1 Å². The predicted octanol–water partition coefficient (Wildman–Crippen LogP) is 3.65. The molecule has 0 radical (unpaired) electrons. The first-order valence-corrected chi connectivity index (χ1v) is 5.39. The van der Waals surface area contributed by atoms with Gasteiger partial charge in [0.1, 0.15) is 11.6 Å². The van der Waals surface area contributed by atoms with Gasteiger partial charge in [0.15, 0.2) is 0 Å². The molecular formula is C14H13F2N. The third-order valence-electron chi connectivity index (χ3n) is 2.66. The molecule has 88 valence electrons. The van der Waals surface area contributed by atoms with Gasteiger partial charge in [-0.25, -0.2) is 8.78 Å². The molecule has 0 aliphatic rings.